The molecule has 0 radical (unpaired) electrons. The molecule has 0 spiro atoms. The molecule has 2 N–H and O–H groups in total. The lowest BCUT2D eigenvalue weighted by molar-refractivity contribution is 0.0681. The third kappa shape index (κ3) is 3.40. The van der Waals surface area contributed by atoms with E-state index in [0.29, 0.717) is 37.5 Å². The predicted octanol–water partition coefficient (Wildman–Crippen LogP) is 2.21. The van der Waals surface area contributed by atoms with Crippen molar-refractivity contribution in [1.29, 1.82) is 0 Å². The number of hydrogen-bond donors (Lipinski definition) is 2. The van der Waals surface area contributed by atoms with Crippen LogP contribution in [-0.4, -0.2) is 64.5 Å². The van der Waals surface area contributed by atoms with E-state index in [1.165, 1.54) is 12.3 Å². The normalized spacial score (nSPS) is 17.5. The number of rotatable bonds is 4. The summed E-state index contributed by atoms with van der Waals surface area (Å²) in [5.74, 6) is -2.39. The van der Waals surface area contributed by atoms with E-state index in [2.05, 4.69) is 4.98 Å². The van der Waals surface area contributed by atoms with Crippen molar-refractivity contribution in [3.8, 4) is 5.75 Å². The number of carbonyl (C=O) groups is 2. The summed E-state index contributed by atoms with van der Waals surface area (Å²) in [6.07, 6.45) is 1.30. The Morgan fingerprint density at radius 3 is 2.50 bits per heavy atom. The number of anilines is 2. The SMILES string of the molecule is C[C@H]1COc2c(N3CCN(c4cccc(C(=O)O)n4)CC3)c(F)cc3c(=O)c(C(=O)O)cn1c23. The van der Waals surface area contributed by atoms with Gasteiger partial charge in [0.05, 0.1) is 16.9 Å². The lowest BCUT2D eigenvalue weighted by Gasteiger charge is -2.38. The van der Waals surface area contributed by atoms with E-state index >= 15 is 4.39 Å². The smallest absolute Gasteiger partial charge is 0.354 e. The van der Waals surface area contributed by atoms with Crippen molar-refractivity contribution in [2.24, 2.45) is 0 Å². The second-order valence-corrected chi connectivity index (χ2v) is 8.34. The molecule has 10 nitrogen and oxygen atoms in total. The van der Waals surface area contributed by atoms with Gasteiger partial charge in [-0.3, -0.25) is 4.79 Å². The Labute approximate surface area is 192 Å². The summed E-state index contributed by atoms with van der Waals surface area (Å²) >= 11 is 0. The van der Waals surface area contributed by atoms with Crippen LogP contribution in [0.25, 0.3) is 10.9 Å². The number of benzene rings is 1. The van der Waals surface area contributed by atoms with Gasteiger partial charge in [0.15, 0.2) is 17.3 Å². The van der Waals surface area contributed by atoms with E-state index in [4.69, 9.17) is 4.74 Å². The molecule has 176 valence electrons. The molecule has 5 rings (SSSR count). The van der Waals surface area contributed by atoms with E-state index in [-0.39, 0.29) is 35.2 Å². The zero-order valence-electron chi connectivity index (χ0n) is 18.2. The molecule has 34 heavy (non-hydrogen) atoms. The van der Waals surface area contributed by atoms with Gasteiger partial charge in [0.1, 0.15) is 23.7 Å². The van der Waals surface area contributed by atoms with Crippen LogP contribution in [0.15, 0.2) is 35.3 Å². The number of nitrogens with zero attached hydrogens (tertiary/aromatic N) is 4. The topological polar surface area (TPSA) is 125 Å². The zero-order chi connectivity index (χ0) is 24.1. The highest BCUT2D eigenvalue weighted by atomic mass is 19.1. The summed E-state index contributed by atoms with van der Waals surface area (Å²) in [5, 5.41) is 18.6. The second-order valence-electron chi connectivity index (χ2n) is 8.34. The minimum absolute atomic E-state index is 0.0315. The molecule has 1 aromatic carbocycles. The van der Waals surface area contributed by atoms with Crippen LogP contribution in [0.5, 0.6) is 5.75 Å². The first-order valence-electron chi connectivity index (χ1n) is 10.7. The van der Waals surface area contributed by atoms with E-state index in [0.717, 1.165) is 6.07 Å². The number of pyridine rings is 2. The largest absolute Gasteiger partial charge is 0.487 e. The maximum absolute atomic E-state index is 15.4. The lowest BCUT2D eigenvalue weighted by atomic mass is 10.1. The first-order chi connectivity index (χ1) is 16.3. The Morgan fingerprint density at radius 1 is 1.12 bits per heavy atom. The molecule has 0 aliphatic carbocycles. The van der Waals surface area contributed by atoms with E-state index < -0.39 is 28.7 Å². The molecule has 0 amide bonds. The van der Waals surface area contributed by atoms with E-state index in [1.54, 1.807) is 16.7 Å². The number of hydrogen-bond acceptors (Lipinski definition) is 7. The minimum Gasteiger partial charge on any atom is -0.487 e. The fourth-order valence-corrected chi connectivity index (χ4v) is 4.54. The summed E-state index contributed by atoms with van der Waals surface area (Å²) in [4.78, 5) is 43.4. The molecule has 2 aliphatic rings. The summed E-state index contributed by atoms with van der Waals surface area (Å²) in [7, 11) is 0. The standard InChI is InChI=1S/C23H21FN4O6/c1-12-11-34-21-18-13(20(29)14(22(30)31)10-28(12)18)9-15(24)19(21)27-7-5-26(6-8-27)17-4-2-3-16(25-17)23(32)33/h2-4,9-10,12H,5-8,11H2,1H3,(H,30,31)(H,32,33)/t12-/m0/s1. The second kappa shape index (κ2) is 8.01. The van der Waals surface area contributed by atoms with Crippen LogP contribution in [0.4, 0.5) is 15.9 Å². The maximum Gasteiger partial charge on any atom is 0.354 e. The Kier molecular flexibility index (Phi) is 5.11. The summed E-state index contributed by atoms with van der Waals surface area (Å²) < 4.78 is 22.9. The van der Waals surface area contributed by atoms with Gasteiger partial charge in [-0.2, -0.15) is 0 Å². The molecular weight excluding hydrogens is 447 g/mol. The fraction of sp³-hybridized carbons (Fsp3) is 0.304. The summed E-state index contributed by atoms with van der Waals surface area (Å²) in [5.41, 5.74) is -0.613. The minimum atomic E-state index is -1.36. The number of carboxylic acid groups (broad SMARTS) is 2. The molecule has 3 aromatic rings. The van der Waals surface area contributed by atoms with Crippen LogP contribution in [0.3, 0.4) is 0 Å². The first-order valence-corrected chi connectivity index (χ1v) is 10.7. The molecule has 1 atom stereocenters. The van der Waals surface area contributed by atoms with Crippen LogP contribution in [0.2, 0.25) is 0 Å². The van der Waals surface area contributed by atoms with Gasteiger partial charge in [0.2, 0.25) is 5.43 Å². The summed E-state index contributed by atoms with van der Waals surface area (Å²) in [6.45, 7) is 3.78. The van der Waals surface area contributed by atoms with Crippen LogP contribution < -0.4 is 20.0 Å². The first kappa shape index (κ1) is 21.7. The van der Waals surface area contributed by atoms with Gasteiger partial charge in [-0.1, -0.05) is 6.07 Å². The molecule has 1 fully saturated rings. The molecule has 4 heterocycles. The van der Waals surface area contributed by atoms with Gasteiger partial charge in [0, 0.05) is 32.4 Å². The number of aromatic nitrogens is 2. The maximum atomic E-state index is 15.4. The van der Waals surface area contributed by atoms with Crippen molar-refractivity contribution < 1.29 is 28.9 Å². The summed E-state index contributed by atoms with van der Waals surface area (Å²) in [6, 6.07) is 5.63. The number of ether oxygens (including phenoxy) is 1. The number of carboxylic acids is 2. The Balaban J connectivity index is 1.52. The van der Waals surface area contributed by atoms with Crippen molar-refractivity contribution in [1.82, 2.24) is 9.55 Å². The van der Waals surface area contributed by atoms with Gasteiger partial charge >= 0.3 is 11.9 Å². The molecule has 1 saturated heterocycles. The molecule has 0 saturated carbocycles. The highest BCUT2D eigenvalue weighted by molar-refractivity contribution is 5.97. The van der Waals surface area contributed by atoms with Gasteiger partial charge in [-0.15, -0.1) is 0 Å². The quantitative estimate of drug-likeness (QED) is 0.593. The third-order valence-corrected chi connectivity index (χ3v) is 6.25. The third-order valence-electron chi connectivity index (χ3n) is 6.25. The zero-order valence-corrected chi connectivity index (χ0v) is 18.2. The molecule has 11 heteroatoms. The van der Waals surface area contributed by atoms with Gasteiger partial charge in [0.25, 0.3) is 0 Å². The van der Waals surface area contributed by atoms with Gasteiger partial charge < -0.3 is 29.3 Å². The van der Waals surface area contributed by atoms with E-state index in [9.17, 15) is 24.6 Å². The van der Waals surface area contributed by atoms with Gasteiger partial charge in [-0.25, -0.2) is 19.0 Å². The van der Waals surface area contributed by atoms with Crippen molar-refractivity contribution >= 4 is 34.3 Å². The van der Waals surface area contributed by atoms with Crippen LogP contribution in [0, 0.1) is 5.82 Å². The Hall–Kier alpha value is -4.15. The number of aromatic carboxylic acids is 2. The van der Waals surface area contributed by atoms with Crippen molar-refractivity contribution in [3.63, 3.8) is 0 Å². The molecule has 2 aliphatic heterocycles. The molecular formula is C23H21FN4O6. The molecule has 2 aromatic heterocycles. The number of piperazine rings is 1. The van der Waals surface area contributed by atoms with Crippen molar-refractivity contribution in [2.45, 2.75) is 13.0 Å². The highest BCUT2D eigenvalue weighted by Crippen LogP contribution is 2.42. The van der Waals surface area contributed by atoms with E-state index in [1.807, 2.05) is 16.7 Å². The average molecular weight is 468 g/mol. The Bertz CT molecular complexity index is 1400. The van der Waals surface area contributed by atoms with Gasteiger partial charge in [-0.05, 0) is 25.1 Å². The van der Waals surface area contributed by atoms with Crippen LogP contribution >= 0.6 is 0 Å². The molecule has 0 unspecified atom stereocenters. The van der Waals surface area contributed by atoms with Crippen molar-refractivity contribution in [2.75, 3.05) is 42.6 Å². The monoisotopic (exact) mass is 468 g/mol. The van der Waals surface area contributed by atoms with Crippen LogP contribution in [0.1, 0.15) is 33.8 Å². The fourth-order valence-electron chi connectivity index (χ4n) is 4.54. The average Bonchev–Trinajstić information content (AvgIpc) is 2.82. The number of halogens is 1. The predicted molar refractivity (Wildman–Crippen MR) is 121 cm³/mol. The van der Waals surface area contributed by atoms with Crippen molar-refractivity contribution in [3.05, 3.63) is 57.8 Å². The lowest BCUT2D eigenvalue weighted by Crippen LogP contribution is -2.47. The Morgan fingerprint density at radius 2 is 1.82 bits per heavy atom. The van der Waals surface area contributed by atoms with Crippen LogP contribution in [-0.2, 0) is 0 Å². The highest BCUT2D eigenvalue weighted by Gasteiger charge is 2.31. The molecule has 0 bridgehead atoms.